The lowest BCUT2D eigenvalue weighted by molar-refractivity contribution is -0.149. The van der Waals surface area contributed by atoms with Crippen molar-refractivity contribution in [2.45, 2.75) is 46.6 Å². The predicted octanol–water partition coefficient (Wildman–Crippen LogP) is 2.06. The Morgan fingerprint density at radius 2 is 2.13 bits per heavy atom. The first kappa shape index (κ1) is 12.5. The van der Waals surface area contributed by atoms with E-state index < -0.39 is 0 Å². The zero-order valence-corrected chi connectivity index (χ0v) is 10.4. The molecule has 0 aromatic heterocycles. The number of likely N-dealkylation sites (tertiary alicyclic amines) is 1. The van der Waals surface area contributed by atoms with Gasteiger partial charge in [0.25, 0.3) is 0 Å². The Bertz CT molecular complexity index is 226. The van der Waals surface area contributed by atoms with E-state index in [-0.39, 0.29) is 12.0 Å². The number of hydrogen-bond donors (Lipinski definition) is 0. The summed E-state index contributed by atoms with van der Waals surface area (Å²) in [5.41, 5.74) is 0.347. The van der Waals surface area contributed by atoms with Gasteiger partial charge in [-0.15, -0.1) is 0 Å². The van der Waals surface area contributed by atoms with Gasteiger partial charge in [0.05, 0.1) is 6.61 Å². The maximum atomic E-state index is 11.7. The van der Waals surface area contributed by atoms with E-state index >= 15 is 0 Å². The van der Waals surface area contributed by atoms with E-state index in [9.17, 15) is 4.79 Å². The molecule has 1 saturated heterocycles. The summed E-state index contributed by atoms with van der Waals surface area (Å²) >= 11 is 0. The molecular weight excluding hydrogens is 190 g/mol. The predicted molar refractivity (Wildman–Crippen MR) is 60.7 cm³/mol. The van der Waals surface area contributed by atoms with E-state index in [1.54, 1.807) is 0 Å². The maximum Gasteiger partial charge on any atom is 0.323 e. The quantitative estimate of drug-likeness (QED) is 0.669. The highest BCUT2D eigenvalue weighted by Gasteiger charge is 2.35. The molecule has 1 unspecified atom stereocenters. The van der Waals surface area contributed by atoms with Gasteiger partial charge < -0.3 is 4.74 Å². The summed E-state index contributed by atoms with van der Waals surface area (Å²) < 4.78 is 5.09. The number of esters is 1. The van der Waals surface area contributed by atoms with Gasteiger partial charge in [-0.05, 0) is 31.7 Å². The molecule has 3 nitrogen and oxygen atoms in total. The van der Waals surface area contributed by atoms with Crippen molar-refractivity contribution >= 4 is 5.97 Å². The van der Waals surface area contributed by atoms with Gasteiger partial charge in [-0.2, -0.15) is 0 Å². The van der Waals surface area contributed by atoms with Crippen LogP contribution in [0.25, 0.3) is 0 Å². The van der Waals surface area contributed by atoms with Crippen molar-refractivity contribution in [2.24, 2.45) is 5.41 Å². The molecule has 15 heavy (non-hydrogen) atoms. The molecule has 0 bridgehead atoms. The molecular formula is C12H23NO2. The zero-order valence-electron chi connectivity index (χ0n) is 10.4. The number of carbonyl (C=O) groups is 1. The Hall–Kier alpha value is -0.570. The largest absolute Gasteiger partial charge is 0.465 e. The smallest absolute Gasteiger partial charge is 0.323 e. The molecule has 0 N–H and O–H groups in total. The molecule has 0 amide bonds. The van der Waals surface area contributed by atoms with Crippen molar-refractivity contribution in [1.29, 1.82) is 0 Å². The van der Waals surface area contributed by atoms with Crippen LogP contribution in [0.2, 0.25) is 0 Å². The van der Waals surface area contributed by atoms with Crippen molar-refractivity contribution in [1.82, 2.24) is 4.90 Å². The molecule has 0 aromatic rings. The van der Waals surface area contributed by atoms with Crippen molar-refractivity contribution in [3.05, 3.63) is 0 Å². The SMILES string of the molecule is CCOC(=O)C(CC)N1CCC(C)(C)C1. The number of hydrogen-bond acceptors (Lipinski definition) is 3. The Balaban J connectivity index is 2.56. The van der Waals surface area contributed by atoms with Gasteiger partial charge in [0, 0.05) is 6.54 Å². The van der Waals surface area contributed by atoms with Gasteiger partial charge >= 0.3 is 5.97 Å². The van der Waals surface area contributed by atoms with E-state index in [0.717, 1.165) is 19.5 Å². The van der Waals surface area contributed by atoms with Crippen LogP contribution in [0.3, 0.4) is 0 Å². The number of rotatable bonds is 4. The summed E-state index contributed by atoms with van der Waals surface area (Å²) in [5.74, 6) is -0.0577. The highest BCUT2D eigenvalue weighted by atomic mass is 16.5. The van der Waals surface area contributed by atoms with E-state index in [1.807, 2.05) is 13.8 Å². The van der Waals surface area contributed by atoms with Gasteiger partial charge in [-0.1, -0.05) is 20.8 Å². The molecule has 0 aromatic carbocycles. The van der Waals surface area contributed by atoms with E-state index in [2.05, 4.69) is 18.7 Å². The summed E-state index contributed by atoms with van der Waals surface area (Å²) in [6.07, 6.45) is 2.01. The number of ether oxygens (including phenoxy) is 1. The zero-order chi connectivity index (χ0) is 11.5. The molecule has 1 fully saturated rings. The minimum Gasteiger partial charge on any atom is -0.465 e. The minimum atomic E-state index is -0.0577. The highest BCUT2D eigenvalue weighted by molar-refractivity contribution is 5.75. The highest BCUT2D eigenvalue weighted by Crippen LogP contribution is 2.30. The number of nitrogens with zero attached hydrogens (tertiary/aromatic N) is 1. The maximum absolute atomic E-state index is 11.7. The third-order valence-electron chi connectivity index (χ3n) is 3.09. The fourth-order valence-corrected chi connectivity index (χ4v) is 2.23. The topological polar surface area (TPSA) is 29.5 Å². The molecule has 0 saturated carbocycles. The summed E-state index contributed by atoms with van der Waals surface area (Å²) in [6.45, 7) is 10.9. The molecule has 1 atom stereocenters. The second-order valence-electron chi connectivity index (χ2n) is 5.06. The van der Waals surface area contributed by atoms with Crippen LogP contribution in [-0.4, -0.2) is 36.6 Å². The van der Waals surface area contributed by atoms with Gasteiger partial charge in [0.2, 0.25) is 0 Å². The van der Waals surface area contributed by atoms with Gasteiger partial charge in [-0.3, -0.25) is 9.69 Å². The van der Waals surface area contributed by atoms with Crippen LogP contribution in [0, 0.1) is 5.41 Å². The lowest BCUT2D eigenvalue weighted by atomic mass is 9.93. The van der Waals surface area contributed by atoms with Crippen LogP contribution in [0.5, 0.6) is 0 Å². The molecule has 1 aliphatic rings. The van der Waals surface area contributed by atoms with Gasteiger partial charge in [0.1, 0.15) is 6.04 Å². The second kappa shape index (κ2) is 4.97. The summed E-state index contributed by atoms with van der Waals surface area (Å²) in [6, 6.07) is -0.0354. The van der Waals surface area contributed by atoms with Crippen molar-refractivity contribution in [3.8, 4) is 0 Å². The average molecular weight is 213 g/mol. The third-order valence-corrected chi connectivity index (χ3v) is 3.09. The average Bonchev–Trinajstić information content (AvgIpc) is 2.48. The van der Waals surface area contributed by atoms with Crippen LogP contribution < -0.4 is 0 Å². The van der Waals surface area contributed by atoms with E-state index in [0.29, 0.717) is 12.0 Å². The van der Waals surface area contributed by atoms with Crippen molar-refractivity contribution in [2.75, 3.05) is 19.7 Å². The van der Waals surface area contributed by atoms with Crippen LogP contribution in [0.15, 0.2) is 0 Å². The van der Waals surface area contributed by atoms with Crippen LogP contribution in [-0.2, 0) is 9.53 Å². The number of carbonyl (C=O) groups excluding carboxylic acids is 1. The first-order valence-corrected chi connectivity index (χ1v) is 5.91. The molecule has 3 heteroatoms. The van der Waals surface area contributed by atoms with Gasteiger partial charge in [0.15, 0.2) is 0 Å². The summed E-state index contributed by atoms with van der Waals surface area (Å²) in [7, 11) is 0. The first-order chi connectivity index (χ1) is 7.00. The Morgan fingerprint density at radius 1 is 1.47 bits per heavy atom. The molecule has 88 valence electrons. The Labute approximate surface area is 92.8 Å². The standard InChI is InChI=1S/C12H23NO2/c1-5-10(11(14)15-6-2)13-8-7-12(3,4)9-13/h10H,5-9H2,1-4H3. The monoisotopic (exact) mass is 213 g/mol. The molecule has 0 aliphatic carbocycles. The molecule has 1 rings (SSSR count). The fourth-order valence-electron chi connectivity index (χ4n) is 2.23. The minimum absolute atomic E-state index is 0.0354. The molecule has 1 aliphatic heterocycles. The summed E-state index contributed by atoms with van der Waals surface area (Å²) in [5, 5.41) is 0. The van der Waals surface area contributed by atoms with Crippen molar-refractivity contribution < 1.29 is 9.53 Å². The lowest BCUT2D eigenvalue weighted by Gasteiger charge is -2.26. The first-order valence-electron chi connectivity index (χ1n) is 5.91. The van der Waals surface area contributed by atoms with Crippen LogP contribution >= 0.6 is 0 Å². The second-order valence-corrected chi connectivity index (χ2v) is 5.06. The molecule has 0 radical (unpaired) electrons. The normalized spacial score (nSPS) is 22.7. The third kappa shape index (κ3) is 3.20. The van der Waals surface area contributed by atoms with Crippen LogP contribution in [0.1, 0.15) is 40.5 Å². The van der Waals surface area contributed by atoms with Crippen LogP contribution in [0.4, 0.5) is 0 Å². The lowest BCUT2D eigenvalue weighted by Crippen LogP contribution is -2.41. The molecule has 1 heterocycles. The summed E-state index contributed by atoms with van der Waals surface area (Å²) in [4.78, 5) is 14.0. The Kier molecular flexibility index (Phi) is 4.14. The Morgan fingerprint density at radius 3 is 2.53 bits per heavy atom. The van der Waals surface area contributed by atoms with E-state index in [1.165, 1.54) is 6.42 Å². The van der Waals surface area contributed by atoms with Crippen molar-refractivity contribution in [3.63, 3.8) is 0 Å². The van der Waals surface area contributed by atoms with E-state index in [4.69, 9.17) is 4.74 Å². The fraction of sp³-hybridized carbons (Fsp3) is 0.917. The van der Waals surface area contributed by atoms with Gasteiger partial charge in [-0.25, -0.2) is 0 Å². The molecule has 0 spiro atoms.